The maximum Gasteiger partial charge on any atom is 0.194 e. The van der Waals surface area contributed by atoms with Gasteiger partial charge in [0.25, 0.3) is 0 Å². The molecule has 0 unspecified atom stereocenters. The molecule has 0 aliphatic carbocycles. The number of hydrogen-bond acceptors (Lipinski definition) is 3. The molecule has 1 aromatic rings. The highest BCUT2D eigenvalue weighted by Crippen LogP contribution is 2.19. The number of Topliss-reactive ketones (excluding diaryl/α,β-unsaturated/α-hetero) is 1. The van der Waals surface area contributed by atoms with Crippen LogP contribution in [0.5, 0.6) is 0 Å². The summed E-state index contributed by atoms with van der Waals surface area (Å²) in [4.78, 5) is 22.9. The van der Waals surface area contributed by atoms with Crippen LogP contribution in [0.4, 0.5) is 0 Å². The van der Waals surface area contributed by atoms with E-state index in [1.807, 2.05) is 30.3 Å². The summed E-state index contributed by atoms with van der Waals surface area (Å²) in [6.45, 7) is 1.50. The van der Waals surface area contributed by atoms with Gasteiger partial charge in [0.05, 0.1) is 0 Å². The van der Waals surface area contributed by atoms with E-state index in [-0.39, 0.29) is 10.9 Å². The third kappa shape index (κ3) is 4.23. The van der Waals surface area contributed by atoms with Gasteiger partial charge in [-0.3, -0.25) is 4.79 Å². The molecule has 0 bridgehead atoms. The minimum atomic E-state index is 0.0476. The normalized spacial score (nSPS) is 9.79. The van der Waals surface area contributed by atoms with Crippen molar-refractivity contribution in [3.8, 4) is 0 Å². The maximum atomic E-state index is 11.3. The van der Waals surface area contributed by atoms with E-state index in [1.165, 1.54) is 18.7 Å². The van der Waals surface area contributed by atoms with E-state index in [2.05, 4.69) is 0 Å². The summed E-state index contributed by atoms with van der Waals surface area (Å²) in [5.74, 6) is 0.0620. The Bertz CT molecular complexity index is 319. The lowest BCUT2D eigenvalue weighted by Crippen LogP contribution is -1.96. The zero-order valence-electron chi connectivity index (χ0n) is 8.03. The Labute approximate surface area is 87.7 Å². The Kier molecular flexibility index (Phi) is 4.40. The maximum absolute atomic E-state index is 11.3. The molecule has 0 aliphatic heterocycles. The minimum absolute atomic E-state index is 0.0476. The van der Waals surface area contributed by atoms with E-state index in [0.29, 0.717) is 12.8 Å². The molecule has 1 rings (SSSR count). The second kappa shape index (κ2) is 5.60. The lowest BCUT2D eigenvalue weighted by atomic mass is 10.2. The molecule has 2 nitrogen and oxygen atoms in total. The standard InChI is InChI=1S/C11H12O2S/c1-9(12)7-8-11(13)14-10-5-3-2-4-6-10/h2-6H,7-8H2,1H3. The van der Waals surface area contributed by atoms with Crippen LogP contribution in [0.3, 0.4) is 0 Å². The van der Waals surface area contributed by atoms with Crippen molar-refractivity contribution in [3.63, 3.8) is 0 Å². The first kappa shape index (κ1) is 11.0. The third-order valence-electron chi connectivity index (χ3n) is 1.66. The Morgan fingerprint density at radius 1 is 1.14 bits per heavy atom. The molecule has 0 N–H and O–H groups in total. The van der Waals surface area contributed by atoms with Crippen LogP contribution >= 0.6 is 11.8 Å². The largest absolute Gasteiger partial charge is 0.300 e. The van der Waals surface area contributed by atoms with Crippen LogP contribution < -0.4 is 0 Å². The number of hydrogen-bond donors (Lipinski definition) is 0. The summed E-state index contributed by atoms with van der Waals surface area (Å²) < 4.78 is 0. The van der Waals surface area contributed by atoms with Crippen LogP contribution in [0, 0.1) is 0 Å². The molecule has 0 spiro atoms. The highest BCUT2D eigenvalue weighted by atomic mass is 32.2. The summed E-state index contributed by atoms with van der Waals surface area (Å²) in [5.41, 5.74) is 0. The van der Waals surface area contributed by atoms with Crippen molar-refractivity contribution in [2.24, 2.45) is 0 Å². The Hall–Kier alpha value is -1.09. The van der Waals surface area contributed by atoms with Crippen LogP contribution in [0.15, 0.2) is 35.2 Å². The van der Waals surface area contributed by atoms with Gasteiger partial charge in [0.1, 0.15) is 5.78 Å². The van der Waals surface area contributed by atoms with Crippen molar-refractivity contribution in [1.82, 2.24) is 0 Å². The van der Waals surface area contributed by atoms with Gasteiger partial charge in [-0.15, -0.1) is 0 Å². The lowest BCUT2D eigenvalue weighted by molar-refractivity contribution is -0.119. The third-order valence-corrected chi connectivity index (χ3v) is 2.60. The van der Waals surface area contributed by atoms with Crippen molar-refractivity contribution in [2.75, 3.05) is 0 Å². The molecule has 3 heteroatoms. The van der Waals surface area contributed by atoms with Gasteiger partial charge in [0.15, 0.2) is 5.12 Å². The first-order chi connectivity index (χ1) is 6.68. The predicted octanol–water partition coefficient (Wildman–Crippen LogP) is 2.67. The summed E-state index contributed by atoms with van der Waals surface area (Å²) in [6.07, 6.45) is 0.674. The molecular weight excluding hydrogens is 196 g/mol. The number of carbonyl (C=O) groups is 2. The molecular formula is C11H12O2S. The Balaban J connectivity index is 2.38. The van der Waals surface area contributed by atoms with E-state index < -0.39 is 0 Å². The highest BCUT2D eigenvalue weighted by Gasteiger charge is 2.05. The summed E-state index contributed by atoms with van der Waals surface area (Å²) >= 11 is 1.19. The fourth-order valence-corrected chi connectivity index (χ4v) is 1.71. The van der Waals surface area contributed by atoms with Crippen LogP contribution in [-0.4, -0.2) is 10.9 Å². The monoisotopic (exact) mass is 208 g/mol. The van der Waals surface area contributed by atoms with E-state index in [9.17, 15) is 9.59 Å². The second-order valence-corrected chi connectivity index (χ2v) is 4.12. The minimum Gasteiger partial charge on any atom is -0.300 e. The van der Waals surface area contributed by atoms with Gasteiger partial charge in [-0.05, 0) is 19.1 Å². The van der Waals surface area contributed by atoms with Crippen molar-refractivity contribution in [3.05, 3.63) is 30.3 Å². The second-order valence-electron chi connectivity index (χ2n) is 2.99. The fourth-order valence-electron chi connectivity index (χ4n) is 0.949. The lowest BCUT2D eigenvalue weighted by Gasteiger charge is -1.98. The molecule has 0 saturated heterocycles. The van der Waals surface area contributed by atoms with Crippen molar-refractivity contribution in [1.29, 1.82) is 0 Å². The Morgan fingerprint density at radius 2 is 1.79 bits per heavy atom. The molecule has 74 valence electrons. The highest BCUT2D eigenvalue weighted by molar-refractivity contribution is 8.13. The molecule has 1 aromatic carbocycles. The van der Waals surface area contributed by atoms with Gasteiger partial charge in [-0.25, -0.2) is 0 Å². The molecule has 0 fully saturated rings. The number of carbonyl (C=O) groups excluding carboxylic acids is 2. The molecule has 0 aromatic heterocycles. The van der Waals surface area contributed by atoms with Gasteiger partial charge >= 0.3 is 0 Å². The van der Waals surface area contributed by atoms with Crippen molar-refractivity contribution >= 4 is 22.7 Å². The molecule has 0 saturated carbocycles. The zero-order valence-corrected chi connectivity index (χ0v) is 8.84. The molecule has 0 radical (unpaired) electrons. The van der Waals surface area contributed by atoms with Gasteiger partial charge in [-0.1, -0.05) is 30.0 Å². The summed E-state index contributed by atoms with van der Waals surface area (Å²) in [5, 5.41) is 0.0476. The summed E-state index contributed by atoms with van der Waals surface area (Å²) in [7, 11) is 0. The van der Waals surface area contributed by atoms with Crippen molar-refractivity contribution in [2.45, 2.75) is 24.7 Å². The zero-order chi connectivity index (χ0) is 10.4. The van der Waals surface area contributed by atoms with Gasteiger partial charge in [0.2, 0.25) is 0 Å². The smallest absolute Gasteiger partial charge is 0.194 e. The van der Waals surface area contributed by atoms with Gasteiger partial charge in [-0.2, -0.15) is 0 Å². The fraction of sp³-hybridized carbons (Fsp3) is 0.273. The van der Waals surface area contributed by atoms with Gasteiger partial charge in [0, 0.05) is 17.7 Å². The van der Waals surface area contributed by atoms with Crippen LogP contribution in [0.2, 0.25) is 0 Å². The van der Waals surface area contributed by atoms with E-state index in [1.54, 1.807) is 0 Å². The number of thioether (sulfide) groups is 1. The quantitative estimate of drug-likeness (QED) is 0.713. The SMILES string of the molecule is CC(=O)CCC(=O)Sc1ccccc1. The molecule has 0 heterocycles. The number of rotatable bonds is 4. The number of ketones is 1. The first-order valence-electron chi connectivity index (χ1n) is 4.43. The topological polar surface area (TPSA) is 34.1 Å². The van der Waals surface area contributed by atoms with E-state index in [4.69, 9.17) is 0 Å². The van der Waals surface area contributed by atoms with Gasteiger partial charge < -0.3 is 4.79 Å². The van der Waals surface area contributed by atoms with E-state index >= 15 is 0 Å². The Morgan fingerprint density at radius 3 is 2.36 bits per heavy atom. The van der Waals surface area contributed by atoms with Crippen LogP contribution in [0.1, 0.15) is 19.8 Å². The molecule has 14 heavy (non-hydrogen) atoms. The van der Waals surface area contributed by atoms with E-state index in [0.717, 1.165) is 4.90 Å². The number of benzene rings is 1. The van der Waals surface area contributed by atoms with Crippen LogP contribution in [0.25, 0.3) is 0 Å². The predicted molar refractivity (Wildman–Crippen MR) is 57.2 cm³/mol. The first-order valence-corrected chi connectivity index (χ1v) is 5.25. The summed E-state index contributed by atoms with van der Waals surface area (Å²) in [6, 6.07) is 9.46. The molecule has 0 atom stereocenters. The van der Waals surface area contributed by atoms with Crippen molar-refractivity contribution < 1.29 is 9.59 Å². The average Bonchev–Trinajstić information content (AvgIpc) is 2.16. The average molecular weight is 208 g/mol. The molecule has 0 aliphatic rings. The molecule has 0 amide bonds. The van der Waals surface area contributed by atoms with Crippen LogP contribution in [-0.2, 0) is 9.59 Å².